The number of carbonyl (C=O) groups is 1. The van der Waals surface area contributed by atoms with Crippen LogP contribution in [0.15, 0.2) is 40.9 Å². The van der Waals surface area contributed by atoms with Crippen LogP contribution in [0.4, 0.5) is 0 Å². The Morgan fingerprint density at radius 2 is 1.81 bits per heavy atom. The van der Waals surface area contributed by atoms with Crippen LogP contribution < -0.4 is 0 Å². The predicted octanol–water partition coefficient (Wildman–Crippen LogP) is 6.00. The molecule has 0 saturated heterocycles. The molecule has 1 saturated carbocycles. The first-order valence-electron chi connectivity index (χ1n) is 7.92. The van der Waals surface area contributed by atoms with E-state index in [9.17, 15) is 4.79 Å². The monoisotopic (exact) mass is 344 g/mol. The van der Waals surface area contributed by atoms with Gasteiger partial charge in [-0.3, -0.25) is 4.79 Å². The molecule has 110 valence electrons. The van der Waals surface area contributed by atoms with Gasteiger partial charge >= 0.3 is 0 Å². The molecule has 2 aromatic carbocycles. The zero-order valence-corrected chi connectivity index (χ0v) is 14.0. The van der Waals surface area contributed by atoms with Crippen LogP contribution in [0, 0.1) is 11.8 Å². The second-order valence-corrected chi connectivity index (χ2v) is 7.05. The number of hydrogen-bond donors (Lipinski definition) is 0. The third-order valence-electron chi connectivity index (χ3n) is 4.86. The number of ketones is 1. The molecule has 2 atom stereocenters. The first-order valence-corrected chi connectivity index (χ1v) is 8.72. The first-order chi connectivity index (χ1) is 10.2. The van der Waals surface area contributed by atoms with E-state index in [1.165, 1.54) is 24.6 Å². The molecule has 0 heterocycles. The van der Waals surface area contributed by atoms with Crippen molar-refractivity contribution in [3.8, 4) is 0 Å². The summed E-state index contributed by atoms with van der Waals surface area (Å²) in [7, 11) is 0. The van der Waals surface area contributed by atoms with Crippen molar-refractivity contribution in [3.63, 3.8) is 0 Å². The second-order valence-electron chi connectivity index (χ2n) is 6.13. The average molecular weight is 345 g/mol. The molecule has 1 aliphatic rings. The minimum Gasteiger partial charge on any atom is -0.294 e. The largest absolute Gasteiger partial charge is 0.294 e. The number of fused-ring (bicyclic) bond motifs is 1. The number of Topliss-reactive ketones (excluding diaryl/α,β-unsaturated/α-hetero) is 1. The van der Waals surface area contributed by atoms with Gasteiger partial charge in [0.1, 0.15) is 0 Å². The lowest BCUT2D eigenvalue weighted by molar-refractivity contribution is 0.0820. The van der Waals surface area contributed by atoms with Gasteiger partial charge in [0.15, 0.2) is 5.78 Å². The normalized spacial score (nSPS) is 22.4. The Labute approximate surface area is 134 Å². The van der Waals surface area contributed by atoms with Crippen LogP contribution in [-0.2, 0) is 0 Å². The molecule has 1 fully saturated rings. The SMILES string of the molecule is CCC1CCCCC1C(=O)c1ccc2cc(Br)ccc2c1. The molecular formula is C19H21BrO. The van der Waals surface area contributed by atoms with E-state index in [-0.39, 0.29) is 5.92 Å². The smallest absolute Gasteiger partial charge is 0.166 e. The predicted molar refractivity (Wildman–Crippen MR) is 91.7 cm³/mol. The Hall–Kier alpha value is -1.15. The highest BCUT2D eigenvalue weighted by atomic mass is 79.9. The van der Waals surface area contributed by atoms with Crippen molar-refractivity contribution >= 4 is 32.5 Å². The van der Waals surface area contributed by atoms with Crippen molar-refractivity contribution in [3.05, 3.63) is 46.4 Å². The van der Waals surface area contributed by atoms with Crippen molar-refractivity contribution in [2.75, 3.05) is 0 Å². The fourth-order valence-electron chi connectivity index (χ4n) is 3.63. The van der Waals surface area contributed by atoms with Gasteiger partial charge in [0.05, 0.1) is 0 Å². The Balaban J connectivity index is 1.91. The van der Waals surface area contributed by atoms with E-state index < -0.39 is 0 Å². The minimum absolute atomic E-state index is 0.233. The van der Waals surface area contributed by atoms with Crippen LogP contribution in [0.25, 0.3) is 10.8 Å². The molecule has 0 aromatic heterocycles. The van der Waals surface area contributed by atoms with Crippen LogP contribution in [-0.4, -0.2) is 5.78 Å². The summed E-state index contributed by atoms with van der Waals surface area (Å²) in [5.41, 5.74) is 0.884. The van der Waals surface area contributed by atoms with E-state index in [1.807, 2.05) is 12.1 Å². The number of hydrogen-bond acceptors (Lipinski definition) is 1. The molecule has 0 N–H and O–H groups in total. The molecule has 2 heteroatoms. The molecule has 1 nitrogen and oxygen atoms in total. The molecule has 0 amide bonds. The quantitative estimate of drug-likeness (QED) is 0.624. The molecule has 0 bridgehead atoms. The number of benzene rings is 2. The second kappa shape index (κ2) is 6.31. The van der Waals surface area contributed by atoms with Gasteiger partial charge in [-0.15, -0.1) is 0 Å². The molecule has 21 heavy (non-hydrogen) atoms. The van der Waals surface area contributed by atoms with Gasteiger partial charge in [0.25, 0.3) is 0 Å². The average Bonchev–Trinajstić information content (AvgIpc) is 2.53. The Morgan fingerprint density at radius 1 is 1.10 bits per heavy atom. The third kappa shape index (κ3) is 3.06. The highest BCUT2D eigenvalue weighted by Crippen LogP contribution is 2.35. The zero-order valence-electron chi connectivity index (χ0n) is 12.4. The topological polar surface area (TPSA) is 17.1 Å². The molecule has 0 radical (unpaired) electrons. The minimum atomic E-state index is 0.233. The van der Waals surface area contributed by atoms with Crippen LogP contribution >= 0.6 is 15.9 Å². The zero-order chi connectivity index (χ0) is 14.8. The highest BCUT2D eigenvalue weighted by Gasteiger charge is 2.30. The summed E-state index contributed by atoms with van der Waals surface area (Å²) < 4.78 is 1.08. The lowest BCUT2D eigenvalue weighted by Crippen LogP contribution is -2.26. The summed E-state index contributed by atoms with van der Waals surface area (Å²) in [6, 6.07) is 12.3. The van der Waals surface area contributed by atoms with E-state index in [2.05, 4.69) is 47.1 Å². The number of halogens is 1. The van der Waals surface area contributed by atoms with Crippen molar-refractivity contribution in [2.24, 2.45) is 11.8 Å². The molecular weight excluding hydrogens is 324 g/mol. The van der Waals surface area contributed by atoms with Gasteiger partial charge < -0.3 is 0 Å². The van der Waals surface area contributed by atoms with Crippen LogP contribution in [0.1, 0.15) is 49.4 Å². The van der Waals surface area contributed by atoms with Crippen molar-refractivity contribution in [1.29, 1.82) is 0 Å². The maximum Gasteiger partial charge on any atom is 0.166 e. The van der Waals surface area contributed by atoms with Crippen LogP contribution in [0.3, 0.4) is 0 Å². The van der Waals surface area contributed by atoms with Gasteiger partial charge in [-0.2, -0.15) is 0 Å². The van der Waals surface area contributed by atoms with Gasteiger partial charge in [-0.05, 0) is 47.7 Å². The Kier molecular flexibility index (Phi) is 4.44. The molecule has 2 unspecified atom stereocenters. The van der Waals surface area contributed by atoms with E-state index in [1.54, 1.807) is 0 Å². The van der Waals surface area contributed by atoms with E-state index >= 15 is 0 Å². The van der Waals surface area contributed by atoms with Crippen molar-refractivity contribution in [2.45, 2.75) is 39.0 Å². The van der Waals surface area contributed by atoms with Crippen LogP contribution in [0.2, 0.25) is 0 Å². The molecule has 0 spiro atoms. The summed E-state index contributed by atoms with van der Waals surface area (Å²) in [4.78, 5) is 12.9. The highest BCUT2D eigenvalue weighted by molar-refractivity contribution is 9.10. The summed E-state index contributed by atoms with van der Waals surface area (Å²) in [5, 5.41) is 2.32. The summed E-state index contributed by atoms with van der Waals surface area (Å²) >= 11 is 3.49. The summed E-state index contributed by atoms with van der Waals surface area (Å²) in [6.07, 6.45) is 5.89. The third-order valence-corrected chi connectivity index (χ3v) is 5.35. The lowest BCUT2D eigenvalue weighted by atomic mass is 9.74. The maximum atomic E-state index is 12.9. The maximum absolute atomic E-state index is 12.9. The van der Waals surface area contributed by atoms with Gasteiger partial charge in [-0.1, -0.05) is 60.3 Å². The fraction of sp³-hybridized carbons (Fsp3) is 0.421. The standard InChI is InChI=1S/C19H21BrO/c1-2-13-5-3-4-6-18(13)19(21)16-8-7-15-12-17(20)10-9-14(15)11-16/h7-13,18H,2-6H2,1H3. The Morgan fingerprint density at radius 3 is 2.62 bits per heavy atom. The fourth-order valence-corrected chi connectivity index (χ4v) is 4.00. The molecule has 3 rings (SSSR count). The van der Waals surface area contributed by atoms with Crippen molar-refractivity contribution < 1.29 is 4.79 Å². The van der Waals surface area contributed by atoms with Crippen LogP contribution in [0.5, 0.6) is 0 Å². The first kappa shape index (κ1) is 14.8. The van der Waals surface area contributed by atoms with E-state index in [0.29, 0.717) is 11.7 Å². The number of carbonyl (C=O) groups excluding carboxylic acids is 1. The summed E-state index contributed by atoms with van der Waals surface area (Å²) in [6.45, 7) is 2.22. The number of rotatable bonds is 3. The van der Waals surface area contributed by atoms with Gasteiger partial charge in [0, 0.05) is 16.0 Å². The van der Waals surface area contributed by atoms with E-state index in [4.69, 9.17) is 0 Å². The Bertz CT molecular complexity index is 662. The lowest BCUT2D eigenvalue weighted by Gasteiger charge is -2.29. The molecule has 1 aliphatic carbocycles. The molecule has 0 aliphatic heterocycles. The van der Waals surface area contributed by atoms with E-state index in [0.717, 1.165) is 28.3 Å². The van der Waals surface area contributed by atoms with Crippen molar-refractivity contribution in [1.82, 2.24) is 0 Å². The summed E-state index contributed by atoms with van der Waals surface area (Å²) in [5.74, 6) is 1.16. The molecule has 2 aromatic rings. The van der Waals surface area contributed by atoms with Gasteiger partial charge in [0.2, 0.25) is 0 Å². The van der Waals surface area contributed by atoms with Gasteiger partial charge in [-0.25, -0.2) is 0 Å².